The molecule has 1 atom stereocenters. The maximum atomic E-state index is 12.4. The molecule has 26 heavy (non-hydrogen) atoms. The summed E-state index contributed by atoms with van der Waals surface area (Å²) in [5, 5.41) is 2.87. The summed E-state index contributed by atoms with van der Waals surface area (Å²) in [6.45, 7) is 0.492. The van der Waals surface area contributed by atoms with Crippen molar-refractivity contribution in [2.75, 3.05) is 7.11 Å². The van der Waals surface area contributed by atoms with Crippen molar-refractivity contribution < 1.29 is 14.3 Å². The highest BCUT2D eigenvalue weighted by molar-refractivity contribution is 5.94. The number of carbonyl (C=O) groups excluding carboxylic acids is 1. The van der Waals surface area contributed by atoms with Crippen LogP contribution >= 0.6 is 0 Å². The summed E-state index contributed by atoms with van der Waals surface area (Å²) in [6.07, 6.45) is -0.488. The van der Waals surface area contributed by atoms with Crippen LogP contribution in [0, 0.1) is 0 Å². The van der Waals surface area contributed by atoms with E-state index < -0.39 is 6.23 Å². The second kappa shape index (κ2) is 8.83. The van der Waals surface area contributed by atoms with E-state index in [9.17, 15) is 4.79 Å². The molecule has 4 heteroatoms. The standard InChI is InChI=1S/C22H21NO3/c1-25-22(19-10-6-3-7-11-19)23-21(24)18-12-14-20(15-13-18)26-16-17-8-4-2-5-9-17/h2-15,22H,16H2,1H3,(H,23,24). The number of nitrogens with one attached hydrogen (secondary N) is 1. The lowest BCUT2D eigenvalue weighted by atomic mass is 10.1. The first kappa shape index (κ1) is 17.7. The summed E-state index contributed by atoms with van der Waals surface area (Å²) >= 11 is 0. The first-order chi connectivity index (χ1) is 12.8. The highest BCUT2D eigenvalue weighted by Gasteiger charge is 2.14. The number of rotatable bonds is 7. The first-order valence-electron chi connectivity index (χ1n) is 8.41. The monoisotopic (exact) mass is 347 g/mol. The molecule has 3 aromatic rings. The minimum atomic E-state index is -0.488. The Bertz CT molecular complexity index is 817. The molecular formula is C22H21NO3. The van der Waals surface area contributed by atoms with Crippen LogP contribution in [0.25, 0.3) is 0 Å². The molecule has 0 radical (unpaired) electrons. The fourth-order valence-electron chi connectivity index (χ4n) is 2.55. The van der Waals surface area contributed by atoms with Crippen molar-refractivity contribution >= 4 is 5.91 Å². The van der Waals surface area contributed by atoms with Crippen molar-refractivity contribution in [1.82, 2.24) is 5.32 Å². The Morgan fingerprint density at radius 2 is 1.50 bits per heavy atom. The molecule has 0 heterocycles. The van der Waals surface area contributed by atoms with E-state index in [1.165, 1.54) is 0 Å². The average Bonchev–Trinajstić information content (AvgIpc) is 2.72. The number of amides is 1. The molecule has 0 aliphatic rings. The minimum absolute atomic E-state index is 0.199. The molecule has 4 nitrogen and oxygen atoms in total. The third-order valence-corrected chi connectivity index (χ3v) is 3.97. The van der Waals surface area contributed by atoms with Gasteiger partial charge in [-0.3, -0.25) is 4.79 Å². The van der Waals surface area contributed by atoms with E-state index in [2.05, 4.69) is 5.32 Å². The topological polar surface area (TPSA) is 47.6 Å². The lowest BCUT2D eigenvalue weighted by Crippen LogP contribution is -2.29. The number of benzene rings is 3. The summed E-state index contributed by atoms with van der Waals surface area (Å²) in [4.78, 5) is 12.4. The Hall–Kier alpha value is -3.11. The molecule has 0 aromatic heterocycles. The highest BCUT2D eigenvalue weighted by atomic mass is 16.5. The van der Waals surface area contributed by atoms with Crippen LogP contribution in [0.1, 0.15) is 27.7 Å². The van der Waals surface area contributed by atoms with Crippen LogP contribution in [0.4, 0.5) is 0 Å². The van der Waals surface area contributed by atoms with Gasteiger partial charge in [0.05, 0.1) is 0 Å². The Labute approximate surface area is 153 Å². The van der Waals surface area contributed by atoms with Crippen molar-refractivity contribution in [2.24, 2.45) is 0 Å². The fraction of sp³-hybridized carbons (Fsp3) is 0.136. The molecule has 0 aliphatic carbocycles. The molecule has 0 aliphatic heterocycles. The van der Waals surface area contributed by atoms with Crippen LogP contribution in [0.2, 0.25) is 0 Å². The highest BCUT2D eigenvalue weighted by Crippen LogP contribution is 2.17. The summed E-state index contributed by atoms with van der Waals surface area (Å²) < 4.78 is 11.1. The summed E-state index contributed by atoms with van der Waals surface area (Å²) in [6, 6.07) is 26.6. The van der Waals surface area contributed by atoms with Gasteiger partial charge < -0.3 is 14.8 Å². The second-order valence-electron chi connectivity index (χ2n) is 5.80. The van der Waals surface area contributed by atoms with Crippen LogP contribution in [0.3, 0.4) is 0 Å². The van der Waals surface area contributed by atoms with Crippen molar-refractivity contribution in [2.45, 2.75) is 12.8 Å². The van der Waals surface area contributed by atoms with E-state index in [1.807, 2.05) is 60.7 Å². The van der Waals surface area contributed by atoms with Gasteiger partial charge in [-0.25, -0.2) is 0 Å². The van der Waals surface area contributed by atoms with Gasteiger partial charge in [-0.05, 0) is 29.8 Å². The molecule has 132 valence electrons. The van der Waals surface area contributed by atoms with Crippen molar-refractivity contribution in [3.63, 3.8) is 0 Å². The third-order valence-electron chi connectivity index (χ3n) is 3.97. The molecule has 3 rings (SSSR count). The molecule has 0 spiro atoms. The van der Waals surface area contributed by atoms with Gasteiger partial charge in [0.15, 0.2) is 6.23 Å². The van der Waals surface area contributed by atoms with Crippen molar-refractivity contribution in [1.29, 1.82) is 0 Å². The quantitative estimate of drug-likeness (QED) is 0.647. The van der Waals surface area contributed by atoms with E-state index in [1.54, 1.807) is 31.4 Å². The molecule has 0 fully saturated rings. The Morgan fingerprint density at radius 3 is 2.12 bits per heavy atom. The number of hydrogen-bond acceptors (Lipinski definition) is 3. The predicted octanol–water partition coefficient (Wildman–Crippen LogP) is 4.34. The predicted molar refractivity (Wildman–Crippen MR) is 101 cm³/mol. The Balaban J connectivity index is 1.59. The van der Waals surface area contributed by atoms with Crippen molar-refractivity contribution in [3.8, 4) is 5.75 Å². The van der Waals surface area contributed by atoms with Gasteiger partial charge in [0, 0.05) is 18.2 Å². The van der Waals surface area contributed by atoms with E-state index in [0.717, 1.165) is 16.9 Å². The lowest BCUT2D eigenvalue weighted by Gasteiger charge is -2.17. The third kappa shape index (κ3) is 4.71. The van der Waals surface area contributed by atoms with Gasteiger partial charge in [0.25, 0.3) is 5.91 Å². The summed E-state index contributed by atoms with van der Waals surface area (Å²) in [5.74, 6) is 0.520. The molecule has 0 bridgehead atoms. The van der Waals surface area contributed by atoms with E-state index in [4.69, 9.17) is 9.47 Å². The normalized spacial score (nSPS) is 11.6. The van der Waals surface area contributed by atoms with Gasteiger partial charge in [0.1, 0.15) is 12.4 Å². The van der Waals surface area contributed by atoms with Gasteiger partial charge in [0.2, 0.25) is 0 Å². The summed E-state index contributed by atoms with van der Waals surface area (Å²) in [7, 11) is 1.57. The molecule has 0 saturated carbocycles. The Morgan fingerprint density at radius 1 is 0.885 bits per heavy atom. The average molecular weight is 347 g/mol. The van der Waals surface area contributed by atoms with Crippen LogP contribution < -0.4 is 10.1 Å². The van der Waals surface area contributed by atoms with Gasteiger partial charge in [-0.15, -0.1) is 0 Å². The van der Waals surface area contributed by atoms with Crippen LogP contribution in [0.5, 0.6) is 5.75 Å². The van der Waals surface area contributed by atoms with Crippen LogP contribution in [-0.4, -0.2) is 13.0 Å². The summed E-state index contributed by atoms with van der Waals surface area (Å²) in [5.41, 5.74) is 2.54. The lowest BCUT2D eigenvalue weighted by molar-refractivity contribution is 0.0575. The maximum Gasteiger partial charge on any atom is 0.253 e. The van der Waals surface area contributed by atoms with Crippen LogP contribution in [0.15, 0.2) is 84.9 Å². The van der Waals surface area contributed by atoms with Crippen LogP contribution in [-0.2, 0) is 11.3 Å². The second-order valence-corrected chi connectivity index (χ2v) is 5.80. The molecule has 1 amide bonds. The zero-order valence-electron chi connectivity index (χ0n) is 14.6. The minimum Gasteiger partial charge on any atom is -0.489 e. The number of hydrogen-bond donors (Lipinski definition) is 1. The first-order valence-corrected chi connectivity index (χ1v) is 8.41. The van der Waals surface area contributed by atoms with E-state index in [-0.39, 0.29) is 5.91 Å². The smallest absolute Gasteiger partial charge is 0.253 e. The van der Waals surface area contributed by atoms with Gasteiger partial charge >= 0.3 is 0 Å². The molecule has 0 saturated heterocycles. The number of carbonyl (C=O) groups is 1. The number of methoxy groups -OCH3 is 1. The van der Waals surface area contributed by atoms with Crippen molar-refractivity contribution in [3.05, 3.63) is 102 Å². The zero-order valence-corrected chi connectivity index (χ0v) is 14.6. The molecule has 1 unspecified atom stereocenters. The SMILES string of the molecule is COC(NC(=O)c1ccc(OCc2ccccc2)cc1)c1ccccc1. The maximum absolute atomic E-state index is 12.4. The largest absolute Gasteiger partial charge is 0.489 e. The van der Waals surface area contributed by atoms with E-state index in [0.29, 0.717) is 12.2 Å². The molecule has 3 aromatic carbocycles. The molecule has 1 N–H and O–H groups in total. The van der Waals surface area contributed by atoms with Gasteiger partial charge in [-0.2, -0.15) is 0 Å². The number of ether oxygens (including phenoxy) is 2. The zero-order chi connectivity index (χ0) is 18.2. The molecular weight excluding hydrogens is 326 g/mol. The van der Waals surface area contributed by atoms with Gasteiger partial charge in [-0.1, -0.05) is 60.7 Å². The Kier molecular flexibility index (Phi) is 6.01. The fourth-order valence-corrected chi connectivity index (χ4v) is 2.55. The van der Waals surface area contributed by atoms with E-state index >= 15 is 0 Å².